The number of carbonyl (C=O) groups is 1. The van der Waals surface area contributed by atoms with Crippen LogP contribution in [0.1, 0.15) is 16.7 Å². The van der Waals surface area contributed by atoms with E-state index in [0.29, 0.717) is 21.9 Å². The van der Waals surface area contributed by atoms with Crippen LogP contribution in [0, 0.1) is 13.8 Å². The molecule has 10 heteroatoms. The van der Waals surface area contributed by atoms with E-state index in [2.05, 4.69) is 5.32 Å². The fraction of sp³-hybridized carbons (Fsp3) is 0.167. The quantitative estimate of drug-likeness (QED) is 0.465. The van der Waals surface area contributed by atoms with Crippen LogP contribution in [0.3, 0.4) is 0 Å². The average Bonchev–Trinajstić information content (AvgIpc) is 2.59. The molecule has 150 valence electrons. The first kappa shape index (κ1) is 22.7. The zero-order valence-corrected chi connectivity index (χ0v) is 17.4. The Labute approximate surface area is 179 Å². The van der Waals surface area contributed by atoms with E-state index in [-0.39, 0.29) is 11.4 Å². The van der Waals surface area contributed by atoms with Crippen LogP contribution in [0.5, 0.6) is 11.5 Å². The van der Waals surface area contributed by atoms with Gasteiger partial charge in [0, 0.05) is 5.02 Å². The third-order valence-electron chi connectivity index (χ3n) is 3.56. The average molecular weight is 473 g/mol. The van der Waals surface area contributed by atoms with Crippen LogP contribution in [-0.2, 0) is 11.0 Å². The van der Waals surface area contributed by atoms with E-state index < -0.39 is 27.2 Å². The van der Waals surface area contributed by atoms with Gasteiger partial charge in [-0.05, 0) is 55.3 Å². The Morgan fingerprint density at radius 3 is 2.11 bits per heavy atom. The van der Waals surface area contributed by atoms with Crippen LogP contribution in [0.2, 0.25) is 5.02 Å². The van der Waals surface area contributed by atoms with Crippen molar-refractivity contribution in [3.63, 3.8) is 0 Å². The summed E-state index contributed by atoms with van der Waals surface area (Å²) in [5.41, 5.74) is 0.177. The number of rotatable bonds is 4. The van der Waals surface area contributed by atoms with E-state index in [1.165, 1.54) is 0 Å². The summed E-state index contributed by atoms with van der Waals surface area (Å²) in [4.78, 5) is 12.0. The highest BCUT2D eigenvalue weighted by atomic mass is 35.5. The molecule has 1 amide bonds. The highest BCUT2D eigenvalue weighted by molar-refractivity contribution is 6.63. The Morgan fingerprint density at radius 1 is 1.04 bits per heavy atom. The molecule has 0 fully saturated rings. The molecule has 0 bridgehead atoms. The number of alkyl halides is 3. The van der Waals surface area contributed by atoms with Crippen LogP contribution in [0.25, 0.3) is 0 Å². The Hall–Kier alpha value is -1.60. The van der Waals surface area contributed by atoms with E-state index in [1.54, 1.807) is 26.0 Å². The van der Waals surface area contributed by atoms with Crippen LogP contribution in [-0.4, -0.2) is 5.91 Å². The summed E-state index contributed by atoms with van der Waals surface area (Å²) in [6.07, 6.45) is -4.63. The monoisotopic (exact) mass is 471 g/mol. The molecule has 0 aliphatic heterocycles. The van der Waals surface area contributed by atoms with Gasteiger partial charge in [0.05, 0.1) is 11.3 Å². The number of amides is 1. The minimum Gasteiger partial charge on any atom is -0.455 e. The third-order valence-corrected chi connectivity index (χ3v) is 5.09. The molecular weight excluding hydrogens is 461 g/mol. The molecule has 0 saturated heterocycles. The molecule has 0 radical (unpaired) electrons. The van der Waals surface area contributed by atoms with Crippen molar-refractivity contribution >= 4 is 58.0 Å². The lowest BCUT2D eigenvalue weighted by Gasteiger charge is -2.16. The minimum atomic E-state index is -4.63. The maximum absolute atomic E-state index is 13.1. The molecular formula is C18H12Cl4F3NO2. The highest BCUT2D eigenvalue weighted by Gasteiger charge is 2.31. The van der Waals surface area contributed by atoms with E-state index in [0.717, 1.165) is 18.2 Å². The van der Waals surface area contributed by atoms with Crippen LogP contribution >= 0.6 is 46.4 Å². The van der Waals surface area contributed by atoms with Gasteiger partial charge in [0.15, 0.2) is 5.75 Å². The van der Waals surface area contributed by atoms with Crippen LogP contribution in [0.4, 0.5) is 18.9 Å². The maximum atomic E-state index is 13.1. The lowest BCUT2D eigenvalue weighted by atomic mass is 10.1. The van der Waals surface area contributed by atoms with Gasteiger partial charge in [-0.2, -0.15) is 13.2 Å². The molecule has 28 heavy (non-hydrogen) atoms. The van der Waals surface area contributed by atoms with Gasteiger partial charge in [-0.1, -0.05) is 46.4 Å². The van der Waals surface area contributed by atoms with E-state index in [1.807, 2.05) is 0 Å². The largest absolute Gasteiger partial charge is 0.455 e. The lowest BCUT2D eigenvalue weighted by Crippen LogP contribution is -2.14. The summed E-state index contributed by atoms with van der Waals surface area (Å²) in [5.74, 6) is -0.710. The molecule has 2 aromatic rings. The Balaban J connectivity index is 2.48. The summed E-state index contributed by atoms with van der Waals surface area (Å²) in [6, 6.07) is 5.85. The molecule has 3 nitrogen and oxygen atoms in total. The van der Waals surface area contributed by atoms with Gasteiger partial charge in [0.25, 0.3) is 5.91 Å². The Morgan fingerprint density at radius 2 is 1.61 bits per heavy atom. The zero-order chi connectivity index (χ0) is 21.2. The Bertz CT molecular complexity index is 931. The van der Waals surface area contributed by atoms with Crippen LogP contribution in [0.15, 0.2) is 39.9 Å². The fourth-order valence-corrected chi connectivity index (χ4v) is 2.58. The molecule has 0 atom stereocenters. The molecule has 0 heterocycles. The molecule has 1 N–H and O–H groups in total. The van der Waals surface area contributed by atoms with Gasteiger partial charge in [-0.25, -0.2) is 0 Å². The van der Waals surface area contributed by atoms with Crippen molar-refractivity contribution in [2.24, 2.45) is 0 Å². The summed E-state index contributed by atoms with van der Waals surface area (Å²) < 4.78 is 44.3. The second-order valence-electron chi connectivity index (χ2n) is 5.71. The van der Waals surface area contributed by atoms with E-state index in [9.17, 15) is 18.0 Å². The first-order valence-electron chi connectivity index (χ1n) is 7.58. The number of halogens is 7. The molecule has 2 aromatic carbocycles. The van der Waals surface area contributed by atoms with Crippen molar-refractivity contribution in [3.8, 4) is 11.5 Å². The van der Waals surface area contributed by atoms with Crippen molar-refractivity contribution in [1.29, 1.82) is 0 Å². The molecule has 0 aliphatic rings. The van der Waals surface area contributed by atoms with Gasteiger partial charge >= 0.3 is 6.18 Å². The van der Waals surface area contributed by atoms with Crippen molar-refractivity contribution in [3.05, 3.63) is 61.6 Å². The first-order chi connectivity index (χ1) is 12.9. The SMILES string of the molecule is Cc1cc(Oc2ccc(C(F)(F)F)cc2NC(=O)C(Cl)=C(Cl)Cl)cc(C)c1Cl. The van der Waals surface area contributed by atoms with E-state index in [4.69, 9.17) is 51.1 Å². The summed E-state index contributed by atoms with van der Waals surface area (Å²) in [6.45, 7) is 3.51. The Kier molecular flexibility index (Phi) is 7.15. The first-order valence-corrected chi connectivity index (χ1v) is 9.09. The normalized spacial score (nSPS) is 11.2. The number of ether oxygens (including phenoxy) is 1. The second kappa shape index (κ2) is 8.82. The molecule has 0 saturated carbocycles. The zero-order valence-electron chi connectivity index (χ0n) is 14.3. The van der Waals surface area contributed by atoms with E-state index >= 15 is 0 Å². The number of anilines is 1. The third kappa shape index (κ3) is 5.47. The highest BCUT2D eigenvalue weighted by Crippen LogP contribution is 2.38. The molecule has 0 aliphatic carbocycles. The predicted molar refractivity (Wildman–Crippen MR) is 106 cm³/mol. The number of aryl methyl sites for hydroxylation is 2. The fourth-order valence-electron chi connectivity index (χ4n) is 2.25. The number of hydrogen-bond acceptors (Lipinski definition) is 2. The van der Waals surface area contributed by atoms with Crippen LogP contribution < -0.4 is 10.1 Å². The summed E-state index contributed by atoms with van der Waals surface area (Å²) in [5, 5.41) is 2.18. The summed E-state index contributed by atoms with van der Waals surface area (Å²) >= 11 is 22.6. The van der Waals surface area contributed by atoms with Crippen molar-refractivity contribution in [2.45, 2.75) is 20.0 Å². The van der Waals surface area contributed by atoms with Gasteiger partial charge in [0.1, 0.15) is 15.3 Å². The lowest BCUT2D eigenvalue weighted by molar-refractivity contribution is -0.137. The number of benzene rings is 2. The minimum absolute atomic E-state index is 0.0439. The molecule has 0 aromatic heterocycles. The number of nitrogens with one attached hydrogen (secondary N) is 1. The topological polar surface area (TPSA) is 38.3 Å². The molecule has 0 unspecified atom stereocenters. The second-order valence-corrected chi connectivity index (χ2v) is 7.42. The summed E-state index contributed by atoms with van der Waals surface area (Å²) in [7, 11) is 0. The maximum Gasteiger partial charge on any atom is 0.416 e. The number of carbonyl (C=O) groups excluding carboxylic acids is 1. The van der Waals surface area contributed by atoms with Crippen molar-refractivity contribution < 1.29 is 22.7 Å². The van der Waals surface area contributed by atoms with Crippen molar-refractivity contribution in [1.82, 2.24) is 0 Å². The smallest absolute Gasteiger partial charge is 0.416 e. The van der Waals surface area contributed by atoms with Gasteiger partial charge in [-0.15, -0.1) is 0 Å². The van der Waals surface area contributed by atoms with Gasteiger partial charge < -0.3 is 10.1 Å². The molecule has 0 spiro atoms. The van der Waals surface area contributed by atoms with Crippen molar-refractivity contribution in [2.75, 3.05) is 5.32 Å². The van der Waals surface area contributed by atoms with Gasteiger partial charge in [0.2, 0.25) is 0 Å². The predicted octanol–water partition coefficient (Wildman–Crippen LogP) is 7.59. The van der Waals surface area contributed by atoms with Gasteiger partial charge in [-0.3, -0.25) is 4.79 Å². The standard InChI is InChI=1S/C18H12Cl4F3NO2/c1-8-5-11(6-9(2)14(8)19)28-13-4-3-10(18(23,24)25)7-12(13)26-17(27)15(20)16(21)22/h3-7H,1-2H3,(H,26,27). The number of hydrogen-bond donors (Lipinski definition) is 1. The molecule has 2 rings (SSSR count).